The fourth-order valence-electron chi connectivity index (χ4n) is 1.83. The van der Waals surface area contributed by atoms with Crippen molar-refractivity contribution in [2.75, 3.05) is 0 Å². The molecule has 3 unspecified atom stereocenters. The standard InChI is InChI=1S/C17H23NO6/c1-3-11(2)15(18)17(22)24-13(16(20)21)9-14(19)23-10-12-7-5-4-6-8-12/h4-8,11,13,15H,3,9-10,18H2,1-2H3,(H,20,21). The first kappa shape index (κ1) is 19.6. The van der Waals surface area contributed by atoms with E-state index in [1.807, 2.05) is 13.0 Å². The van der Waals surface area contributed by atoms with Crippen molar-refractivity contribution in [2.24, 2.45) is 11.7 Å². The maximum Gasteiger partial charge on any atom is 0.345 e. The first-order valence-electron chi connectivity index (χ1n) is 7.73. The first-order chi connectivity index (χ1) is 11.3. The van der Waals surface area contributed by atoms with E-state index in [4.69, 9.17) is 20.3 Å². The molecule has 0 amide bonds. The number of carbonyl (C=O) groups is 3. The Morgan fingerprint density at radius 2 is 1.83 bits per heavy atom. The van der Waals surface area contributed by atoms with Crippen LogP contribution in [0, 0.1) is 5.92 Å². The van der Waals surface area contributed by atoms with Crippen LogP contribution in [0.5, 0.6) is 0 Å². The third-order valence-electron chi connectivity index (χ3n) is 3.66. The smallest absolute Gasteiger partial charge is 0.345 e. The average Bonchev–Trinajstić information content (AvgIpc) is 2.58. The van der Waals surface area contributed by atoms with Crippen molar-refractivity contribution in [3.05, 3.63) is 35.9 Å². The molecule has 1 aromatic rings. The number of ether oxygens (including phenoxy) is 2. The van der Waals surface area contributed by atoms with Crippen molar-refractivity contribution in [1.29, 1.82) is 0 Å². The van der Waals surface area contributed by atoms with Crippen LogP contribution in [0.2, 0.25) is 0 Å². The van der Waals surface area contributed by atoms with Crippen LogP contribution in [-0.4, -0.2) is 35.2 Å². The monoisotopic (exact) mass is 337 g/mol. The maximum atomic E-state index is 11.9. The Balaban J connectivity index is 2.54. The highest BCUT2D eigenvalue weighted by molar-refractivity contribution is 5.84. The minimum atomic E-state index is -1.61. The topological polar surface area (TPSA) is 116 Å². The van der Waals surface area contributed by atoms with E-state index in [1.54, 1.807) is 31.2 Å². The second-order valence-corrected chi connectivity index (χ2v) is 5.53. The summed E-state index contributed by atoms with van der Waals surface area (Å²) in [5.74, 6) is -3.18. The summed E-state index contributed by atoms with van der Waals surface area (Å²) in [6.07, 6.45) is -1.54. The van der Waals surface area contributed by atoms with E-state index in [1.165, 1.54) is 0 Å². The number of hydrogen-bond acceptors (Lipinski definition) is 6. The van der Waals surface area contributed by atoms with E-state index >= 15 is 0 Å². The average molecular weight is 337 g/mol. The molecule has 0 aliphatic rings. The highest BCUT2D eigenvalue weighted by Crippen LogP contribution is 2.11. The molecule has 7 nitrogen and oxygen atoms in total. The lowest BCUT2D eigenvalue weighted by molar-refractivity contribution is -0.170. The number of carbonyl (C=O) groups excluding carboxylic acids is 2. The molecule has 0 aromatic heterocycles. The van der Waals surface area contributed by atoms with Crippen LogP contribution in [0.1, 0.15) is 32.3 Å². The van der Waals surface area contributed by atoms with E-state index in [9.17, 15) is 14.4 Å². The summed E-state index contributed by atoms with van der Waals surface area (Å²) in [4.78, 5) is 34.8. The van der Waals surface area contributed by atoms with Gasteiger partial charge in [0.05, 0.1) is 6.42 Å². The second-order valence-electron chi connectivity index (χ2n) is 5.53. The SMILES string of the molecule is CCC(C)C(N)C(=O)OC(CC(=O)OCc1ccccc1)C(=O)O. The third-order valence-corrected chi connectivity index (χ3v) is 3.66. The Bertz CT molecular complexity index is 559. The van der Waals surface area contributed by atoms with Crippen LogP contribution in [0.15, 0.2) is 30.3 Å². The van der Waals surface area contributed by atoms with E-state index in [2.05, 4.69) is 0 Å². The number of carboxylic acids is 1. The summed E-state index contributed by atoms with van der Waals surface area (Å²) in [6, 6.07) is 8.02. The van der Waals surface area contributed by atoms with Gasteiger partial charge in [0.25, 0.3) is 0 Å². The van der Waals surface area contributed by atoms with Gasteiger partial charge in [0.15, 0.2) is 0 Å². The molecule has 7 heteroatoms. The van der Waals surface area contributed by atoms with Gasteiger partial charge in [0.2, 0.25) is 6.10 Å². The van der Waals surface area contributed by atoms with Gasteiger partial charge in [-0.15, -0.1) is 0 Å². The quantitative estimate of drug-likeness (QED) is 0.656. The minimum absolute atomic E-state index is 0.0202. The van der Waals surface area contributed by atoms with Crippen LogP contribution in [0.4, 0.5) is 0 Å². The van der Waals surface area contributed by atoms with Gasteiger partial charge in [-0.1, -0.05) is 50.6 Å². The Labute approximate surface area is 140 Å². The Morgan fingerprint density at radius 1 is 1.21 bits per heavy atom. The number of carboxylic acid groups (broad SMARTS) is 1. The van der Waals surface area contributed by atoms with Gasteiger partial charge < -0.3 is 20.3 Å². The van der Waals surface area contributed by atoms with E-state index < -0.39 is 36.5 Å². The van der Waals surface area contributed by atoms with E-state index in [0.29, 0.717) is 6.42 Å². The predicted octanol–water partition coefficient (Wildman–Crippen LogP) is 1.49. The summed E-state index contributed by atoms with van der Waals surface area (Å²) < 4.78 is 9.85. The molecule has 24 heavy (non-hydrogen) atoms. The summed E-state index contributed by atoms with van der Waals surface area (Å²) in [5.41, 5.74) is 6.47. The molecule has 0 fully saturated rings. The number of hydrogen-bond donors (Lipinski definition) is 2. The molecule has 132 valence electrons. The summed E-state index contributed by atoms with van der Waals surface area (Å²) in [5, 5.41) is 9.11. The predicted molar refractivity (Wildman–Crippen MR) is 85.8 cm³/mol. The molecule has 0 heterocycles. The number of nitrogens with two attached hydrogens (primary N) is 1. The number of benzene rings is 1. The highest BCUT2D eigenvalue weighted by atomic mass is 16.6. The lowest BCUT2D eigenvalue weighted by Crippen LogP contribution is -2.42. The van der Waals surface area contributed by atoms with Gasteiger partial charge >= 0.3 is 17.9 Å². The molecule has 0 saturated carbocycles. The molecule has 0 bridgehead atoms. The molecule has 0 aliphatic heterocycles. The summed E-state index contributed by atoms with van der Waals surface area (Å²) in [6.45, 7) is 3.63. The second kappa shape index (κ2) is 9.67. The van der Waals surface area contributed by atoms with Gasteiger partial charge in [0, 0.05) is 0 Å². The van der Waals surface area contributed by atoms with Gasteiger partial charge in [-0.05, 0) is 11.5 Å². The number of esters is 2. The van der Waals surface area contributed by atoms with Gasteiger partial charge in [0.1, 0.15) is 12.6 Å². The van der Waals surface area contributed by atoms with Crippen LogP contribution in [-0.2, 0) is 30.5 Å². The molecule has 3 N–H and O–H groups in total. The summed E-state index contributed by atoms with van der Waals surface area (Å²) >= 11 is 0. The number of rotatable bonds is 9. The lowest BCUT2D eigenvalue weighted by atomic mass is 10.0. The Morgan fingerprint density at radius 3 is 2.38 bits per heavy atom. The van der Waals surface area contributed by atoms with E-state index in [-0.39, 0.29) is 12.5 Å². The van der Waals surface area contributed by atoms with Crippen molar-refractivity contribution < 1.29 is 29.0 Å². The molecule has 0 saturated heterocycles. The fraction of sp³-hybridized carbons (Fsp3) is 0.471. The molecule has 1 rings (SSSR count). The molecule has 3 atom stereocenters. The van der Waals surface area contributed by atoms with Crippen molar-refractivity contribution in [1.82, 2.24) is 0 Å². The fourth-order valence-corrected chi connectivity index (χ4v) is 1.83. The number of aliphatic carboxylic acids is 1. The van der Waals surface area contributed by atoms with Crippen LogP contribution < -0.4 is 5.73 Å². The highest BCUT2D eigenvalue weighted by Gasteiger charge is 2.30. The summed E-state index contributed by atoms with van der Waals surface area (Å²) in [7, 11) is 0. The van der Waals surface area contributed by atoms with Crippen LogP contribution in [0.25, 0.3) is 0 Å². The molecular weight excluding hydrogens is 314 g/mol. The Kier molecular flexibility index (Phi) is 7.91. The lowest BCUT2D eigenvalue weighted by Gasteiger charge is -2.20. The van der Waals surface area contributed by atoms with Gasteiger partial charge in [-0.25, -0.2) is 4.79 Å². The zero-order valence-electron chi connectivity index (χ0n) is 13.8. The van der Waals surface area contributed by atoms with Crippen molar-refractivity contribution >= 4 is 17.9 Å². The van der Waals surface area contributed by atoms with Crippen LogP contribution >= 0.6 is 0 Å². The largest absolute Gasteiger partial charge is 0.478 e. The minimum Gasteiger partial charge on any atom is -0.478 e. The van der Waals surface area contributed by atoms with E-state index in [0.717, 1.165) is 5.56 Å². The molecule has 0 spiro atoms. The first-order valence-corrected chi connectivity index (χ1v) is 7.73. The van der Waals surface area contributed by atoms with Crippen molar-refractivity contribution in [3.63, 3.8) is 0 Å². The van der Waals surface area contributed by atoms with Crippen molar-refractivity contribution in [2.45, 2.75) is 45.4 Å². The molecular formula is C17H23NO6. The molecule has 1 aromatic carbocycles. The normalized spacial score (nSPS) is 14.3. The van der Waals surface area contributed by atoms with Crippen LogP contribution in [0.3, 0.4) is 0 Å². The zero-order valence-corrected chi connectivity index (χ0v) is 13.8. The van der Waals surface area contributed by atoms with Crippen molar-refractivity contribution in [3.8, 4) is 0 Å². The zero-order chi connectivity index (χ0) is 18.1. The molecule has 0 aliphatic carbocycles. The maximum absolute atomic E-state index is 11.9. The van der Waals surface area contributed by atoms with Gasteiger partial charge in [-0.3, -0.25) is 9.59 Å². The Hall–Kier alpha value is -2.41. The third kappa shape index (κ3) is 6.37. The molecule has 0 radical (unpaired) electrons. The van der Waals surface area contributed by atoms with Gasteiger partial charge in [-0.2, -0.15) is 0 Å².